The highest BCUT2D eigenvalue weighted by Gasteiger charge is 2.11. The molecule has 1 aromatic carbocycles. The van der Waals surface area contributed by atoms with Crippen LogP contribution in [0.4, 0.5) is 0 Å². The largest absolute Gasteiger partial charge is 0.385 e. The maximum Gasteiger partial charge on any atom is 0.225 e. The third kappa shape index (κ3) is 6.35. The van der Waals surface area contributed by atoms with Gasteiger partial charge in [0.25, 0.3) is 0 Å². The lowest BCUT2D eigenvalue weighted by Gasteiger charge is -2.26. The van der Waals surface area contributed by atoms with Gasteiger partial charge in [-0.15, -0.1) is 0 Å². The SMILES string of the molecule is CCc1ccccc1C(=N)/C=C(\N)NC(=O)CCCN1CCCCC1. The van der Waals surface area contributed by atoms with Crippen LogP contribution in [0.2, 0.25) is 0 Å². The molecule has 1 heterocycles. The highest BCUT2D eigenvalue weighted by molar-refractivity contribution is 6.08. The summed E-state index contributed by atoms with van der Waals surface area (Å²) in [6.45, 7) is 5.33. The third-order valence-electron chi connectivity index (χ3n) is 4.60. The van der Waals surface area contributed by atoms with Crippen LogP contribution in [0.25, 0.3) is 0 Å². The van der Waals surface area contributed by atoms with Gasteiger partial charge in [-0.2, -0.15) is 0 Å². The molecule has 0 radical (unpaired) electrons. The van der Waals surface area contributed by atoms with Crippen LogP contribution in [0.1, 0.15) is 50.2 Å². The second kappa shape index (κ2) is 9.99. The van der Waals surface area contributed by atoms with Crippen LogP contribution in [-0.2, 0) is 11.2 Å². The number of amides is 1. The van der Waals surface area contributed by atoms with E-state index in [2.05, 4.69) is 17.1 Å². The summed E-state index contributed by atoms with van der Waals surface area (Å²) in [5, 5.41) is 10.9. The maximum absolute atomic E-state index is 12.0. The number of carbonyl (C=O) groups is 1. The summed E-state index contributed by atoms with van der Waals surface area (Å²) in [4.78, 5) is 14.4. The first-order valence-electron chi connectivity index (χ1n) is 9.26. The summed E-state index contributed by atoms with van der Waals surface area (Å²) in [5.41, 5.74) is 8.17. The molecule has 1 amide bonds. The van der Waals surface area contributed by atoms with Gasteiger partial charge < -0.3 is 21.4 Å². The molecule has 0 aromatic heterocycles. The first-order chi connectivity index (χ1) is 12.1. The van der Waals surface area contributed by atoms with E-state index in [0.29, 0.717) is 12.1 Å². The quantitative estimate of drug-likeness (QED) is 0.635. The first-order valence-corrected chi connectivity index (χ1v) is 9.26. The fraction of sp³-hybridized carbons (Fsp3) is 0.500. The van der Waals surface area contributed by atoms with E-state index in [9.17, 15) is 4.79 Å². The molecular weight excluding hydrogens is 312 g/mol. The molecular formula is C20H30N4O. The zero-order valence-electron chi connectivity index (χ0n) is 15.2. The molecule has 1 aromatic rings. The van der Waals surface area contributed by atoms with Crippen LogP contribution in [-0.4, -0.2) is 36.2 Å². The first kappa shape index (κ1) is 19.2. The number of rotatable bonds is 8. The molecule has 136 valence electrons. The van der Waals surface area contributed by atoms with Crippen molar-refractivity contribution in [2.75, 3.05) is 19.6 Å². The van der Waals surface area contributed by atoms with Crippen molar-refractivity contribution in [2.45, 2.75) is 45.4 Å². The zero-order valence-corrected chi connectivity index (χ0v) is 15.2. The van der Waals surface area contributed by atoms with Crippen LogP contribution < -0.4 is 11.1 Å². The number of piperidine rings is 1. The second-order valence-electron chi connectivity index (χ2n) is 6.58. The average molecular weight is 342 g/mol. The van der Waals surface area contributed by atoms with Crippen LogP contribution >= 0.6 is 0 Å². The minimum atomic E-state index is -0.0812. The number of likely N-dealkylation sites (tertiary alicyclic amines) is 1. The van der Waals surface area contributed by atoms with Gasteiger partial charge in [-0.3, -0.25) is 4.79 Å². The Morgan fingerprint density at radius 3 is 2.72 bits per heavy atom. The molecule has 4 N–H and O–H groups in total. The van der Waals surface area contributed by atoms with Gasteiger partial charge in [0.1, 0.15) is 5.82 Å². The highest BCUT2D eigenvalue weighted by Crippen LogP contribution is 2.11. The van der Waals surface area contributed by atoms with Gasteiger partial charge in [-0.1, -0.05) is 37.6 Å². The molecule has 5 nitrogen and oxygen atoms in total. The molecule has 25 heavy (non-hydrogen) atoms. The summed E-state index contributed by atoms with van der Waals surface area (Å²) in [5.74, 6) is 0.154. The number of hydrogen-bond donors (Lipinski definition) is 3. The summed E-state index contributed by atoms with van der Waals surface area (Å²) < 4.78 is 0. The lowest BCUT2D eigenvalue weighted by molar-refractivity contribution is -0.120. The van der Waals surface area contributed by atoms with Crippen LogP contribution in [0.15, 0.2) is 36.2 Å². The van der Waals surface area contributed by atoms with E-state index in [1.165, 1.54) is 25.3 Å². The number of hydrogen-bond acceptors (Lipinski definition) is 4. The fourth-order valence-electron chi connectivity index (χ4n) is 3.23. The predicted octanol–water partition coefficient (Wildman–Crippen LogP) is 2.80. The van der Waals surface area contributed by atoms with E-state index in [-0.39, 0.29) is 11.7 Å². The average Bonchev–Trinajstić information content (AvgIpc) is 2.62. The topological polar surface area (TPSA) is 82.2 Å². The summed E-state index contributed by atoms with van der Waals surface area (Å²) in [7, 11) is 0. The van der Waals surface area contributed by atoms with E-state index in [1.807, 2.05) is 24.3 Å². The highest BCUT2D eigenvalue weighted by atomic mass is 16.1. The lowest BCUT2D eigenvalue weighted by atomic mass is 10.0. The summed E-state index contributed by atoms with van der Waals surface area (Å²) >= 11 is 0. The molecule has 0 unspecified atom stereocenters. The van der Waals surface area contributed by atoms with Gasteiger partial charge in [-0.25, -0.2) is 0 Å². The number of aryl methyl sites for hydroxylation is 1. The number of nitrogens with two attached hydrogens (primary N) is 1. The van der Waals surface area contributed by atoms with Gasteiger partial charge in [-0.05, 0) is 50.9 Å². The van der Waals surface area contributed by atoms with Crippen molar-refractivity contribution in [3.8, 4) is 0 Å². The Hall–Kier alpha value is -2.14. The molecule has 1 fully saturated rings. The number of nitrogens with zero attached hydrogens (tertiary/aromatic N) is 1. The molecule has 5 heteroatoms. The van der Waals surface area contributed by atoms with Crippen molar-refractivity contribution >= 4 is 11.6 Å². The molecule has 2 rings (SSSR count). The molecule has 0 atom stereocenters. The van der Waals surface area contributed by atoms with Gasteiger partial charge >= 0.3 is 0 Å². The lowest BCUT2D eigenvalue weighted by Crippen LogP contribution is -2.32. The second-order valence-corrected chi connectivity index (χ2v) is 6.58. The van der Waals surface area contributed by atoms with E-state index in [0.717, 1.165) is 43.6 Å². The number of allylic oxidation sites excluding steroid dienone is 1. The van der Waals surface area contributed by atoms with Crippen molar-refractivity contribution < 1.29 is 4.79 Å². The van der Waals surface area contributed by atoms with Crippen LogP contribution in [0, 0.1) is 5.41 Å². The normalized spacial score (nSPS) is 15.8. The standard InChI is InChI=1S/C20H30N4O/c1-2-16-9-4-5-10-17(16)18(21)15-19(22)23-20(25)11-8-14-24-12-6-3-7-13-24/h4-5,9-10,15,21H,2-3,6-8,11-14,22H2,1H3,(H,23,25)/b19-15+,21-18?. The van der Waals surface area contributed by atoms with Gasteiger partial charge in [0.05, 0.1) is 5.71 Å². The Morgan fingerprint density at radius 2 is 2.00 bits per heavy atom. The van der Waals surface area contributed by atoms with Gasteiger partial charge in [0.2, 0.25) is 5.91 Å². The third-order valence-corrected chi connectivity index (χ3v) is 4.60. The smallest absolute Gasteiger partial charge is 0.225 e. The minimum absolute atomic E-state index is 0.0812. The number of benzene rings is 1. The van der Waals surface area contributed by atoms with E-state index in [4.69, 9.17) is 11.1 Å². The van der Waals surface area contributed by atoms with Crippen molar-refractivity contribution in [3.05, 3.63) is 47.3 Å². The maximum atomic E-state index is 12.0. The number of nitrogens with one attached hydrogen (secondary N) is 2. The Balaban J connectivity index is 1.79. The monoisotopic (exact) mass is 342 g/mol. The Morgan fingerprint density at radius 1 is 1.28 bits per heavy atom. The Labute approximate surface area is 150 Å². The summed E-state index contributed by atoms with van der Waals surface area (Å²) in [6.07, 6.45) is 7.54. The van der Waals surface area contributed by atoms with Gasteiger partial charge in [0, 0.05) is 18.1 Å². The molecule has 0 bridgehead atoms. The van der Waals surface area contributed by atoms with Crippen molar-refractivity contribution in [3.63, 3.8) is 0 Å². The van der Waals surface area contributed by atoms with E-state index >= 15 is 0 Å². The molecule has 0 saturated carbocycles. The van der Waals surface area contributed by atoms with Crippen LogP contribution in [0.5, 0.6) is 0 Å². The number of carbonyl (C=O) groups excluding carboxylic acids is 1. The molecule has 1 saturated heterocycles. The Kier molecular flexibility index (Phi) is 7.67. The summed E-state index contributed by atoms with van der Waals surface area (Å²) in [6, 6.07) is 7.79. The van der Waals surface area contributed by atoms with Crippen molar-refractivity contribution in [1.29, 1.82) is 5.41 Å². The van der Waals surface area contributed by atoms with E-state index in [1.54, 1.807) is 0 Å². The van der Waals surface area contributed by atoms with Crippen molar-refractivity contribution in [1.82, 2.24) is 10.2 Å². The Bertz CT molecular complexity index is 618. The minimum Gasteiger partial charge on any atom is -0.385 e. The molecule has 0 aliphatic carbocycles. The fourth-order valence-corrected chi connectivity index (χ4v) is 3.23. The van der Waals surface area contributed by atoms with Crippen LogP contribution in [0.3, 0.4) is 0 Å². The zero-order chi connectivity index (χ0) is 18.1. The molecule has 1 aliphatic heterocycles. The van der Waals surface area contributed by atoms with Crippen molar-refractivity contribution in [2.24, 2.45) is 5.73 Å². The van der Waals surface area contributed by atoms with Gasteiger partial charge in [0.15, 0.2) is 0 Å². The molecule has 0 spiro atoms. The molecule has 1 aliphatic rings. The predicted molar refractivity (Wildman–Crippen MR) is 103 cm³/mol. The van der Waals surface area contributed by atoms with E-state index < -0.39 is 0 Å².